The molecule has 25 heavy (non-hydrogen) atoms. The fraction of sp³-hybridized carbons (Fsp3) is 0.571. The molecule has 2 fully saturated rings. The number of unbranched alkanes of at least 4 members (excludes halogenated alkanes) is 1. The topological polar surface area (TPSA) is 0 Å². The number of hydrogen-bond acceptors (Lipinski definition) is 0. The van der Waals surface area contributed by atoms with E-state index in [2.05, 4.69) is 49.8 Å². The Morgan fingerprint density at radius 2 is 1.88 bits per heavy atom. The van der Waals surface area contributed by atoms with Gasteiger partial charge < -0.3 is 31.2 Å². The van der Waals surface area contributed by atoms with Crippen LogP contribution in [0.15, 0.2) is 42.5 Å². The first-order chi connectivity index (χ1) is 10.9. The van der Waals surface area contributed by atoms with Crippen LogP contribution in [0.5, 0.6) is 0 Å². The summed E-state index contributed by atoms with van der Waals surface area (Å²) in [6.07, 6.45) is 28.1. The van der Waals surface area contributed by atoms with E-state index >= 15 is 0 Å². The van der Waals surface area contributed by atoms with Crippen molar-refractivity contribution < 1.29 is 46.5 Å². The Hall–Kier alpha value is 0.471. The normalized spacial score (nSPS) is 29.2. The van der Waals surface area contributed by atoms with Gasteiger partial charge >= 0.3 is 21.7 Å². The van der Waals surface area contributed by atoms with Crippen molar-refractivity contribution in [3.8, 4) is 0 Å². The summed E-state index contributed by atoms with van der Waals surface area (Å²) in [6.45, 7) is 2.35. The summed E-state index contributed by atoms with van der Waals surface area (Å²) in [6, 6.07) is 4.88. The van der Waals surface area contributed by atoms with Crippen molar-refractivity contribution >= 4 is 8.07 Å². The monoisotopic (exact) mass is 428 g/mol. The Bertz CT molecular complexity index is 470. The van der Waals surface area contributed by atoms with Gasteiger partial charge in [-0.05, 0) is 11.8 Å². The van der Waals surface area contributed by atoms with Crippen LogP contribution >= 0.6 is 0 Å². The summed E-state index contributed by atoms with van der Waals surface area (Å²) in [5, 5.41) is 0. The van der Waals surface area contributed by atoms with E-state index in [1.54, 1.807) is 18.1 Å². The average molecular weight is 429 g/mol. The molecule has 0 amide bonds. The minimum absolute atomic E-state index is 0. The zero-order chi connectivity index (χ0) is 15.3. The van der Waals surface area contributed by atoms with Crippen LogP contribution in [0.1, 0.15) is 39.0 Å². The fourth-order valence-corrected chi connectivity index (χ4v) is 10.3. The molecule has 1 saturated heterocycles. The molecule has 4 rings (SSSR count). The van der Waals surface area contributed by atoms with Gasteiger partial charge in [0, 0.05) is 8.07 Å². The van der Waals surface area contributed by atoms with Gasteiger partial charge in [-0.2, -0.15) is 18.0 Å². The van der Waals surface area contributed by atoms with Gasteiger partial charge in [0.15, 0.2) is 0 Å². The summed E-state index contributed by atoms with van der Waals surface area (Å²) in [4.78, 5) is 0. The number of hydrogen-bond donors (Lipinski definition) is 0. The second-order valence-electron chi connectivity index (χ2n) is 7.33. The van der Waals surface area contributed by atoms with E-state index in [1.807, 2.05) is 12.2 Å². The third kappa shape index (κ3) is 6.25. The van der Waals surface area contributed by atoms with Crippen molar-refractivity contribution in [3.05, 3.63) is 55.0 Å². The molecule has 3 atom stereocenters. The maximum Gasteiger partial charge on any atom is 4.00 e. The third-order valence-corrected chi connectivity index (χ3v) is 12.1. The first kappa shape index (κ1) is 25.5. The van der Waals surface area contributed by atoms with Gasteiger partial charge in [0.05, 0.1) is 0 Å². The van der Waals surface area contributed by atoms with E-state index in [0.717, 1.165) is 23.8 Å². The number of allylic oxidation sites excluding steroid dienone is 8. The summed E-state index contributed by atoms with van der Waals surface area (Å²) in [5.41, 5.74) is 1.02. The first-order valence-electron chi connectivity index (χ1n) is 9.26. The molecule has 3 unspecified atom stereocenters. The molecule has 4 aliphatic rings. The Balaban J connectivity index is 0.000000630. The van der Waals surface area contributed by atoms with Crippen LogP contribution in [0.3, 0.4) is 0 Å². The van der Waals surface area contributed by atoms with Crippen molar-refractivity contribution in [2.24, 2.45) is 11.8 Å². The molecule has 0 N–H and O–H groups in total. The molecule has 0 aromatic rings. The van der Waals surface area contributed by atoms with Crippen LogP contribution in [0.25, 0.3) is 0 Å². The zero-order valence-electron chi connectivity index (χ0n) is 15.3. The van der Waals surface area contributed by atoms with E-state index in [-0.39, 0.29) is 46.5 Å². The van der Waals surface area contributed by atoms with Gasteiger partial charge in [-0.1, -0.05) is 68.6 Å². The van der Waals surface area contributed by atoms with Crippen LogP contribution in [0.2, 0.25) is 23.7 Å². The molecule has 0 bridgehead atoms. The van der Waals surface area contributed by atoms with Crippen LogP contribution < -0.4 is 24.8 Å². The number of rotatable bonds is 4. The van der Waals surface area contributed by atoms with Crippen LogP contribution in [0.4, 0.5) is 0 Å². The van der Waals surface area contributed by atoms with Gasteiger partial charge in [-0.15, -0.1) is 6.42 Å². The van der Waals surface area contributed by atoms with Crippen molar-refractivity contribution in [2.75, 3.05) is 0 Å². The Labute approximate surface area is 183 Å². The molecule has 0 nitrogen and oxygen atoms in total. The van der Waals surface area contributed by atoms with Gasteiger partial charge in [0.25, 0.3) is 0 Å². The maximum atomic E-state index is 2.99. The quantitative estimate of drug-likeness (QED) is 0.445. The van der Waals surface area contributed by atoms with Gasteiger partial charge in [0.1, 0.15) is 0 Å². The van der Waals surface area contributed by atoms with Gasteiger partial charge in [0.2, 0.25) is 0 Å². The zero-order valence-corrected chi connectivity index (χ0v) is 19.3. The first-order valence-corrected chi connectivity index (χ1v) is 12.0. The van der Waals surface area contributed by atoms with E-state index in [9.17, 15) is 0 Å². The van der Waals surface area contributed by atoms with Gasteiger partial charge in [-0.3, -0.25) is 6.08 Å². The third-order valence-electron chi connectivity index (χ3n) is 6.04. The largest absolute Gasteiger partial charge is 4.00 e. The predicted molar refractivity (Wildman–Crippen MR) is 99.2 cm³/mol. The van der Waals surface area contributed by atoms with E-state index < -0.39 is 8.07 Å². The smallest absolute Gasteiger partial charge is 1.00 e. The Kier molecular flexibility index (Phi) is 13.0. The van der Waals surface area contributed by atoms with Crippen molar-refractivity contribution in [1.82, 2.24) is 0 Å². The molecule has 1 saturated carbocycles. The molecule has 1 heterocycles. The van der Waals surface area contributed by atoms with E-state index in [0.29, 0.717) is 0 Å². The van der Waals surface area contributed by atoms with Crippen LogP contribution in [-0.2, 0) is 21.7 Å². The van der Waals surface area contributed by atoms with Gasteiger partial charge in [-0.25, -0.2) is 12.2 Å². The van der Waals surface area contributed by atoms with E-state index in [1.165, 1.54) is 25.7 Å². The molecule has 0 spiro atoms. The molecule has 3 aliphatic carbocycles. The van der Waals surface area contributed by atoms with Crippen LogP contribution in [-0.4, -0.2) is 8.07 Å². The number of halogens is 2. The second-order valence-corrected chi connectivity index (χ2v) is 12.2. The summed E-state index contributed by atoms with van der Waals surface area (Å²) in [5.74, 6) is 1.75. The SMILES string of the molecule is CCCC[Si]1(C2[CH-]CC3C=CC=CC32)CCC1.[C-]1=CC=CC1.[Cl-].[Cl-].[Ti+4]. The number of fused-ring (bicyclic) bond motifs is 1. The van der Waals surface area contributed by atoms with Crippen molar-refractivity contribution in [2.45, 2.75) is 62.7 Å². The molecule has 4 heteroatoms. The molecule has 0 aromatic heterocycles. The van der Waals surface area contributed by atoms with Crippen LogP contribution in [0, 0.1) is 24.3 Å². The standard InChI is InChI=1S/C16H25Si.C5H5.2ClH.Ti/c1-2-3-11-17(12-6-13-17)16-10-9-14-7-4-5-8-15(14)16;1-2-4-5-3-1;;;/h4-5,7-8,10,14-16H,2-3,6,9,11-13H2,1H3;1-3H,4H2;2*1H;/q2*-1;;;+4/p-2. The maximum absolute atomic E-state index is 2.99. The predicted octanol–water partition coefficient (Wildman–Crippen LogP) is 0.287. The molecular weight excluding hydrogens is 399 g/mol. The summed E-state index contributed by atoms with van der Waals surface area (Å²) < 4.78 is 0. The molecule has 0 radical (unpaired) electrons. The summed E-state index contributed by atoms with van der Waals surface area (Å²) in [7, 11) is -0.880. The second kappa shape index (κ2) is 12.8. The molecule has 0 aromatic carbocycles. The molecule has 1 aliphatic heterocycles. The van der Waals surface area contributed by atoms with Crippen molar-refractivity contribution in [1.29, 1.82) is 0 Å². The fourth-order valence-electron chi connectivity index (χ4n) is 4.66. The minimum Gasteiger partial charge on any atom is -1.00 e. The molecular formula is C21H30Cl2SiTi. The van der Waals surface area contributed by atoms with E-state index in [4.69, 9.17) is 0 Å². The van der Waals surface area contributed by atoms with Crippen molar-refractivity contribution in [3.63, 3.8) is 0 Å². The Morgan fingerprint density at radius 3 is 2.40 bits per heavy atom. The average Bonchev–Trinajstić information content (AvgIpc) is 3.20. The summed E-state index contributed by atoms with van der Waals surface area (Å²) >= 11 is 0. The molecule has 136 valence electrons. The Morgan fingerprint density at radius 1 is 1.12 bits per heavy atom. The minimum atomic E-state index is -0.880.